The number of hydrogen-bond acceptors (Lipinski definition) is 3. The van der Waals surface area contributed by atoms with Crippen molar-refractivity contribution >= 4 is 0 Å². The zero-order chi connectivity index (χ0) is 15.1. The Bertz CT molecular complexity index is 433. The zero-order valence-electron chi connectivity index (χ0n) is 13.7. The SMILES string of the molecule is COc1cc(C)ccc1OCCCCN1CCC[C@@H](C)C1. The lowest BCUT2D eigenvalue weighted by atomic mass is 10.0. The summed E-state index contributed by atoms with van der Waals surface area (Å²) in [5.74, 6) is 2.56. The van der Waals surface area contributed by atoms with Gasteiger partial charge in [0.05, 0.1) is 13.7 Å². The number of unbranched alkanes of at least 4 members (excludes halogenated alkanes) is 1. The van der Waals surface area contributed by atoms with Gasteiger partial charge in [-0.3, -0.25) is 0 Å². The number of benzene rings is 1. The van der Waals surface area contributed by atoms with Crippen LogP contribution in [0.2, 0.25) is 0 Å². The van der Waals surface area contributed by atoms with E-state index in [0.717, 1.165) is 30.4 Å². The Labute approximate surface area is 129 Å². The van der Waals surface area contributed by atoms with Crippen molar-refractivity contribution < 1.29 is 9.47 Å². The van der Waals surface area contributed by atoms with E-state index >= 15 is 0 Å². The number of methoxy groups -OCH3 is 1. The number of aryl methyl sites for hydroxylation is 1. The minimum atomic E-state index is 0.767. The summed E-state index contributed by atoms with van der Waals surface area (Å²) < 4.78 is 11.2. The molecule has 1 fully saturated rings. The molecule has 0 aromatic heterocycles. The van der Waals surface area contributed by atoms with E-state index in [-0.39, 0.29) is 0 Å². The molecule has 3 heteroatoms. The van der Waals surface area contributed by atoms with Gasteiger partial charge in [0.15, 0.2) is 11.5 Å². The number of hydrogen-bond donors (Lipinski definition) is 0. The first-order valence-corrected chi connectivity index (χ1v) is 8.19. The van der Waals surface area contributed by atoms with Crippen LogP contribution in [0.4, 0.5) is 0 Å². The predicted molar refractivity (Wildman–Crippen MR) is 87.3 cm³/mol. The van der Waals surface area contributed by atoms with Crippen molar-refractivity contribution in [2.75, 3.05) is 33.4 Å². The normalized spacial score (nSPS) is 19.5. The second-order valence-corrected chi connectivity index (χ2v) is 6.26. The van der Waals surface area contributed by atoms with Gasteiger partial charge in [0, 0.05) is 6.54 Å². The zero-order valence-corrected chi connectivity index (χ0v) is 13.7. The fourth-order valence-corrected chi connectivity index (χ4v) is 3.00. The third-order valence-corrected chi connectivity index (χ3v) is 4.19. The molecule has 0 amide bonds. The lowest BCUT2D eigenvalue weighted by Crippen LogP contribution is -2.35. The van der Waals surface area contributed by atoms with Gasteiger partial charge < -0.3 is 14.4 Å². The predicted octanol–water partition coefficient (Wildman–Crippen LogP) is 3.89. The van der Waals surface area contributed by atoms with Gasteiger partial charge in [0.25, 0.3) is 0 Å². The minimum absolute atomic E-state index is 0.767. The number of nitrogens with zero attached hydrogens (tertiary/aromatic N) is 1. The molecule has 1 atom stereocenters. The van der Waals surface area contributed by atoms with Crippen molar-refractivity contribution in [3.8, 4) is 11.5 Å². The fourth-order valence-electron chi connectivity index (χ4n) is 3.00. The highest BCUT2D eigenvalue weighted by Gasteiger charge is 2.15. The Morgan fingerprint density at radius 1 is 1.24 bits per heavy atom. The fraction of sp³-hybridized carbons (Fsp3) is 0.667. The van der Waals surface area contributed by atoms with Crippen LogP contribution in [-0.2, 0) is 0 Å². The molecule has 0 saturated carbocycles. The van der Waals surface area contributed by atoms with Crippen LogP contribution in [-0.4, -0.2) is 38.3 Å². The largest absolute Gasteiger partial charge is 0.493 e. The molecule has 1 aliphatic heterocycles. The van der Waals surface area contributed by atoms with Gasteiger partial charge in [-0.1, -0.05) is 13.0 Å². The van der Waals surface area contributed by atoms with Crippen LogP contribution in [0.25, 0.3) is 0 Å². The first-order valence-electron chi connectivity index (χ1n) is 8.19. The van der Waals surface area contributed by atoms with Gasteiger partial charge in [0.1, 0.15) is 0 Å². The molecule has 1 aliphatic rings. The maximum absolute atomic E-state index is 5.85. The lowest BCUT2D eigenvalue weighted by molar-refractivity contribution is 0.176. The molecule has 1 aromatic carbocycles. The molecular weight excluding hydrogens is 262 g/mol. The van der Waals surface area contributed by atoms with E-state index in [1.54, 1.807) is 7.11 Å². The molecule has 1 aromatic rings. The number of rotatable bonds is 7. The van der Waals surface area contributed by atoms with E-state index in [2.05, 4.69) is 24.8 Å². The quantitative estimate of drug-likeness (QED) is 0.711. The van der Waals surface area contributed by atoms with Crippen molar-refractivity contribution in [3.05, 3.63) is 23.8 Å². The summed E-state index contributed by atoms with van der Waals surface area (Å²) in [6.07, 6.45) is 5.06. The van der Waals surface area contributed by atoms with Crippen LogP contribution in [0.3, 0.4) is 0 Å². The Morgan fingerprint density at radius 3 is 2.86 bits per heavy atom. The van der Waals surface area contributed by atoms with E-state index in [1.807, 2.05) is 12.1 Å². The molecule has 0 radical (unpaired) electrons. The highest BCUT2D eigenvalue weighted by atomic mass is 16.5. The Balaban J connectivity index is 1.65. The first kappa shape index (κ1) is 16.2. The molecule has 21 heavy (non-hydrogen) atoms. The summed E-state index contributed by atoms with van der Waals surface area (Å²) in [6.45, 7) is 8.94. The van der Waals surface area contributed by atoms with Crippen LogP contribution >= 0.6 is 0 Å². The number of likely N-dealkylation sites (tertiary alicyclic amines) is 1. The van der Waals surface area contributed by atoms with Crippen LogP contribution < -0.4 is 9.47 Å². The van der Waals surface area contributed by atoms with Crippen LogP contribution in [0.15, 0.2) is 18.2 Å². The van der Waals surface area contributed by atoms with Crippen molar-refractivity contribution in [2.45, 2.75) is 39.5 Å². The average molecular weight is 291 g/mol. The molecule has 1 saturated heterocycles. The summed E-state index contributed by atoms with van der Waals surface area (Å²) in [5.41, 5.74) is 1.19. The van der Waals surface area contributed by atoms with Gasteiger partial charge in [-0.15, -0.1) is 0 Å². The van der Waals surface area contributed by atoms with E-state index in [1.165, 1.54) is 44.5 Å². The minimum Gasteiger partial charge on any atom is -0.493 e. The van der Waals surface area contributed by atoms with Gasteiger partial charge in [-0.25, -0.2) is 0 Å². The molecule has 3 nitrogen and oxygen atoms in total. The highest BCUT2D eigenvalue weighted by Crippen LogP contribution is 2.27. The topological polar surface area (TPSA) is 21.7 Å². The van der Waals surface area contributed by atoms with E-state index in [9.17, 15) is 0 Å². The molecule has 0 aliphatic carbocycles. The Morgan fingerprint density at radius 2 is 2.10 bits per heavy atom. The standard InChI is InChI=1S/C18H29NO2/c1-15-8-9-17(18(13-15)20-3)21-12-5-4-10-19-11-6-7-16(2)14-19/h8-9,13,16H,4-7,10-12,14H2,1-3H3/t16-/m1/s1. The maximum atomic E-state index is 5.85. The van der Waals surface area contributed by atoms with Crippen molar-refractivity contribution in [1.82, 2.24) is 4.90 Å². The van der Waals surface area contributed by atoms with E-state index < -0.39 is 0 Å². The van der Waals surface area contributed by atoms with E-state index in [4.69, 9.17) is 9.47 Å². The maximum Gasteiger partial charge on any atom is 0.161 e. The second-order valence-electron chi connectivity index (χ2n) is 6.26. The molecule has 2 rings (SSSR count). The Kier molecular flexibility index (Phi) is 6.37. The molecule has 0 bridgehead atoms. The van der Waals surface area contributed by atoms with Gasteiger partial charge in [-0.05, 0) is 69.3 Å². The molecule has 0 unspecified atom stereocenters. The van der Waals surface area contributed by atoms with Gasteiger partial charge in [0.2, 0.25) is 0 Å². The van der Waals surface area contributed by atoms with E-state index in [0.29, 0.717) is 0 Å². The molecule has 0 spiro atoms. The van der Waals surface area contributed by atoms with Crippen molar-refractivity contribution in [1.29, 1.82) is 0 Å². The highest BCUT2D eigenvalue weighted by molar-refractivity contribution is 5.42. The third-order valence-electron chi connectivity index (χ3n) is 4.19. The molecular formula is C18H29NO2. The van der Waals surface area contributed by atoms with Gasteiger partial charge >= 0.3 is 0 Å². The average Bonchev–Trinajstić information content (AvgIpc) is 2.48. The summed E-state index contributed by atoms with van der Waals surface area (Å²) >= 11 is 0. The summed E-state index contributed by atoms with van der Waals surface area (Å²) in [7, 11) is 1.69. The van der Waals surface area contributed by atoms with Crippen LogP contribution in [0.1, 0.15) is 38.2 Å². The number of ether oxygens (including phenoxy) is 2. The summed E-state index contributed by atoms with van der Waals surface area (Å²) in [6, 6.07) is 6.08. The lowest BCUT2D eigenvalue weighted by Gasteiger charge is -2.30. The summed E-state index contributed by atoms with van der Waals surface area (Å²) in [4.78, 5) is 2.60. The van der Waals surface area contributed by atoms with Crippen molar-refractivity contribution in [2.24, 2.45) is 5.92 Å². The van der Waals surface area contributed by atoms with Crippen LogP contribution in [0.5, 0.6) is 11.5 Å². The summed E-state index contributed by atoms with van der Waals surface area (Å²) in [5, 5.41) is 0. The number of piperidine rings is 1. The molecule has 118 valence electrons. The molecule has 0 N–H and O–H groups in total. The van der Waals surface area contributed by atoms with Crippen molar-refractivity contribution in [3.63, 3.8) is 0 Å². The molecule has 1 heterocycles. The third kappa shape index (κ3) is 5.24. The Hall–Kier alpha value is -1.22. The monoisotopic (exact) mass is 291 g/mol. The van der Waals surface area contributed by atoms with Crippen LogP contribution in [0, 0.1) is 12.8 Å². The first-order chi connectivity index (χ1) is 10.2. The smallest absolute Gasteiger partial charge is 0.161 e. The second kappa shape index (κ2) is 8.28. The van der Waals surface area contributed by atoms with Gasteiger partial charge in [-0.2, -0.15) is 0 Å².